The molecule has 1 aromatic rings. The van der Waals surface area contributed by atoms with Gasteiger partial charge in [-0.05, 0) is 45.7 Å². The van der Waals surface area contributed by atoms with E-state index >= 15 is 0 Å². The number of nitrogens with zero attached hydrogens (tertiary/aromatic N) is 3. The highest BCUT2D eigenvalue weighted by atomic mass is 16.2. The van der Waals surface area contributed by atoms with E-state index in [1.54, 1.807) is 4.90 Å². The third-order valence-electron chi connectivity index (χ3n) is 4.98. The lowest BCUT2D eigenvalue weighted by atomic mass is 10.1. The van der Waals surface area contributed by atoms with E-state index in [0.717, 1.165) is 19.5 Å². The van der Waals surface area contributed by atoms with Gasteiger partial charge in [-0.3, -0.25) is 14.6 Å². The highest BCUT2D eigenvalue weighted by Gasteiger charge is 2.25. The number of hydrogen-bond acceptors (Lipinski definition) is 5. The Morgan fingerprint density at radius 3 is 2.83 bits per heavy atom. The molecule has 0 radical (unpaired) electrons. The summed E-state index contributed by atoms with van der Waals surface area (Å²) in [5.41, 5.74) is 6.72. The number of aromatic amines is 1. The summed E-state index contributed by atoms with van der Waals surface area (Å²) >= 11 is 0. The second kappa shape index (κ2) is 6.70. The summed E-state index contributed by atoms with van der Waals surface area (Å²) in [4.78, 5) is 35.3. The first-order valence-electron chi connectivity index (χ1n) is 8.44. The predicted molar refractivity (Wildman–Crippen MR) is 87.9 cm³/mol. The largest absolute Gasteiger partial charge is 0.369 e. The van der Waals surface area contributed by atoms with E-state index < -0.39 is 0 Å². The van der Waals surface area contributed by atoms with Crippen LogP contribution in [0.5, 0.6) is 0 Å². The second-order valence-electron chi connectivity index (χ2n) is 6.57. The molecule has 23 heavy (non-hydrogen) atoms. The minimum Gasteiger partial charge on any atom is -0.369 e. The highest BCUT2D eigenvalue weighted by molar-refractivity contribution is 5.76. The third-order valence-corrected chi connectivity index (χ3v) is 4.98. The number of nitrogens with one attached hydrogen (secondary N) is 1. The average molecular weight is 319 g/mol. The summed E-state index contributed by atoms with van der Waals surface area (Å²) in [6.45, 7) is 5.47. The number of rotatable bonds is 4. The quantitative estimate of drug-likeness (QED) is 0.843. The molecule has 0 bridgehead atoms. The number of H-pyrrole nitrogens is 1. The van der Waals surface area contributed by atoms with Gasteiger partial charge < -0.3 is 15.5 Å². The first kappa shape index (κ1) is 16.0. The Morgan fingerprint density at radius 2 is 2.09 bits per heavy atom. The molecule has 0 spiro atoms. The van der Waals surface area contributed by atoms with Crippen LogP contribution in [0.2, 0.25) is 0 Å². The third kappa shape index (κ3) is 3.55. The molecule has 3 N–H and O–H groups in total. The van der Waals surface area contributed by atoms with E-state index in [9.17, 15) is 9.59 Å². The van der Waals surface area contributed by atoms with Crippen LogP contribution in [-0.4, -0.2) is 51.4 Å². The Hall–Kier alpha value is -1.89. The lowest BCUT2D eigenvalue weighted by Crippen LogP contribution is -2.40. The summed E-state index contributed by atoms with van der Waals surface area (Å²) in [6.07, 6.45) is 4.51. The van der Waals surface area contributed by atoms with E-state index in [1.165, 1.54) is 12.8 Å². The van der Waals surface area contributed by atoms with Crippen molar-refractivity contribution < 1.29 is 4.79 Å². The van der Waals surface area contributed by atoms with Gasteiger partial charge >= 0.3 is 0 Å². The van der Waals surface area contributed by atoms with Gasteiger partial charge in [-0.2, -0.15) is 0 Å². The average Bonchev–Trinajstić information content (AvgIpc) is 3.06. The van der Waals surface area contributed by atoms with E-state index in [2.05, 4.69) is 21.8 Å². The van der Waals surface area contributed by atoms with Crippen LogP contribution in [0.1, 0.15) is 43.9 Å². The Morgan fingerprint density at radius 1 is 1.35 bits per heavy atom. The van der Waals surface area contributed by atoms with Crippen LogP contribution in [0.3, 0.4) is 0 Å². The highest BCUT2D eigenvalue weighted by Crippen LogP contribution is 2.18. The molecule has 0 aliphatic carbocycles. The van der Waals surface area contributed by atoms with Crippen molar-refractivity contribution in [3.63, 3.8) is 0 Å². The smallest absolute Gasteiger partial charge is 0.255 e. The topological polar surface area (TPSA) is 95.3 Å². The van der Waals surface area contributed by atoms with Gasteiger partial charge in [-0.1, -0.05) is 0 Å². The number of carbonyl (C=O) groups excluding carboxylic acids is 1. The van der Waals surface area contributed by atoms with Crippen molar-refractivity contribution in [2.75, 3.05) is 25.4 Å². The fourth-order valence-corrected chi connectivity index (χ4v) is 3.53. The van der Waals surface area contributed by atoms with Crippen molar-refractivity contribution in [3.8, 4) is 0 Å². The molecule has 1 amide bonds. The van der Waals surface area contributed by atoms with E-state index in [4.69, 9.17) is 5.73 Å². The molecular weight excluding hydrogens is 294 g/mol. The molecule has 1 unspecified atom stereocenters. The lowest BCUT2D eigenvalue weighted by molar-refractivity contribution is -0.132. The molecule has 1 saturated heterocycles. The van der Waals surface area contributed by atoms with Crippen molar-refractivity contribution in [2.45, 2.75) is 51.6 Å². The molecule has 1 atom stereocenters. The van der Waals surface area contributed by atoms with Crippen LogP contribution in [0.15, 0.2) is 4.79 Å². The molecule has 1 aromatic heterocycles. The van der Waals surface area contributed by atoms with Crippen molar-refractivity contribution >= 4 is 11.9 Å². The van der Waals surface area contributed by atoms with Gasteiger partial charge in [0.25, 0.3) is 5.56 Å². The zero-order valence-electron chi connectivity index (χ0n) is 13.7. The van der Waals surface area contributed by atoms with Gasteiger partial charge in [0.05, 0.1) is 12.2 Å². The standard InChI is InChI=1S/C16H25N5O2/c1-11(20-7-2-3-8-20)4-5-14(22)21-9-6-12-13(10-21)18-16(17)19-15(12)23/h11H,2-10H2,1H3,(H3,17,18,19,23). The molecule has 2 aliphatic heterocycles. The Bertz CT molecular complexity index is 636. The first-order valence-corrected chi connectivity index (χ1v) is 8.44. The Kier molecular flexibility index (Phi) is 4.66. The number of nitrogen functional groups attached to an aromatic ring is 1. The van der Waals surface area contributed by atoms with Gasteiger partial charge in [0.1, 0.15) is 0 Å². The molecule has 3 heterocycles. The van der Waals surface area contributed by atoms with Gasteiger partial charge in [-0.15, -0.1) is 0 Å². The van der Waals surface area contributed by atoms with Crippen LogP contribution in [0, 0.1) is 0 Å². The minimum atomic E-state index is -0.178. The number of aromatic nitrogens is 2. The molecule has 0 saturated carbocycles. The zero-order valence-corrected chi connectivity index (χ0v) is 13.7. The number of amides is 1. The van der Waals surface area contributed by atoms with E-state index in [1.807, 2.05) is 0 Å². The number of hydrogen-bond donors (Lipinski definition) is 2. The van der Waals surface area contributed by atoms with Crippen molar-refractivity contribution in [2.24, 2.45) is 0 Å². The second-order valence-corrected chi connectivity index (χ2v) is 6.57. The predicted octanol–water partition coefficient (Wildman–Crippen LogP) is 0.501. The summed E-state index contributed by atoms with van der Waals surface area (Å²) in [5, 5.41) is 0. The molecule has 2 aliphatic rings. The van der Waals surface area contributed by atoms with Gasteiger partial charge in [-0.25, -0.2) is 4.98 Å². The molecule has 126 valence electrons. The molecule has 7 heteroatoms. The summed E-state index contributed by atoms with van der Waals surface area (Å²) in [6, 6.07) is 0.454. The Balaban J connectivity index is 1.57. The maximum absolute atomic E-state index is 12.5. The molecule has 1 fully saturated rings. The fraction of sp³-hybridized carbons (Fsp3) is 0.688. The summed E-state index contributed by atoms with van der Waals surface area (Å²) < 4.78 is 0. The van der Waals surface area contributed by atoms with Crippen molar-refractivity contribution in [1.82, 2.24) is 19.8 Å². The SMILES string of the molecule is CC(CCC(=O)N1CCc2c(nc(N)[nH]c2=O)C1)N1CCCC1. The van der Waals surface area contributed by atoms with Gasteiger partial charge in [0, 0.05) is 24.6 Å². The van der Waals surface area contributed by atoms with E-state index in [0.29, 0.717) is 43.2 Å². The number of nitrogens with two attached hydrogens (primary N) is 1. The molecule has 7 nitrogen and oxygen atoms in total. The number of likely N-dealkylation sites (tertiary alicyclic amines) is 1. The monoisotopic (exact) mass is 319 g/mol. The van der Waals surface area contributed by atoms with Crippen LogP contribution >= 0.6 is 0 Å². The number of anilines is 1. The molecule has 3 rings (SSSR count). The first-order chi connectivity index (χ1) is 11.0. The van der Waals surface area contributed by atoms with Crippen molar-refractivity contribution in [1.29, 1.82) is 0 Å². The molecule has 0 aromatic carbocycles. The maximum Gasteiger partial charge on any atom is 0.255 e. The lowest BCUT2D eigenvalue weighted by Gasteiger charge is -2.29. The van der Waals surface area contributed by atoms with Crippen LogP contribution in [0.25, 0.3) is 0 Å². The molecular formula is C16H25N5O2. The minimum absolute atomic E-state index is 0.116. The van der Waals surface area contributed by atoms with Crippen LogP contribution in [0.4, 0.5) is 5.95 Å². The Labute approximate surface area is 135 Å². The number of fused-ring (bicyclic) bond motifs is 1. The maximum atomic E-state index is 12.5. The normalized spacial score (nSPS) is 19.6. The summed E-state index contributed by atoms with van der Waals surface area (Å²) in [5.74, 6) is 0.257. The fourth-order valence-electron chi connectivity index (χ4n) is 3.53. The van der Waals surface area contributed by atoms with E-state index in [-0.39, 0.29) is 17.4 Å². The van der Waals surface area contributed by atoms with Gasteiger partial charge in [0.2, 0.25) is 11.9 Å². The summed E-state index contributed by atoms with van der Waals surface area (Å²) in [7, 11) is 0. The zero-order chi connectivity index (χ0) is 16.4. The van der Waals surface area contributed by atoms with Crippen LogP contribution in [-0.2, 0) is 17.8 Å². The number of carbonyl (C=O) groups is 1. The van der Waals surface area contributed by atoms with Crippen LogP contribution < -0.4 is 11.3 Å². The van der Waals surface area contributed by atoms with Gasteiger partial charge in [0.15, 0.2) is 0 Å². The van der Waals surface area contributed by atoms with Crippen molar-refractivity contribution in [3.05, 3.63) is 21.6 Å².